The van der Waals surface area contributed by atoms with Gasteiger partial charge in [0, 0.05) is 19.3 Å². The largest absolute Gasteiger partial charge is 0.477 e. The topological polar surface area (TPSA) is 99.1 Å². The summed E-state index contributed by atoms with van der Waals surface area (Å²) in [6.07, 6.45) is 49.5. The molecule has 0 aliphatic rings. The van der Waals surface area contributed by atoms with Crippen LogP contribution in [0.5, 0.6) is 0 Å². The molecule has 0 radical (unpaired) electrons. The van der Waals surface area contributed by atoms with Crippen LogP contribution in [-0.2, 0) is 28.6 Å². The molecule has 0 saturated carbocycles. The number of hydrogen-bond acceptors (Lipinski definition) is 6. The van der Waals surface area contributed by atoms with Gasteiger partial charge in [0.25, 0.3) is 0 Å². The maximum Gasteiger partial charge on any atom is 0.362 e. The molecule has 2 atom stereocenters. The maximum absolute atomic E-state index is 12.7. The molecule has 326 valence electrons. The number of carboxylic acids is 1. The average molecular weight is 799 g/mol. The lowest BCUT2D eigenvalue weighted by atomic mass is 10.1. The Morgan fingerprint density at radius 3 is 1.53 bits per heavy atom. The first-order chi connectivity index (χ1) is 27.6. The molecule has 0 saturated heterocycles. The molecule has 0 aromatic rings. The van der Waals surface area contributed by atoms with Crippen LogP contribution in [0.3, 0.4) is 0 Å². The lowest BCUT2D eigenvalue weighted by Crippen LogP contribution is -2.50. The van der Waals surface area contributed by atoms with Crippen molar-refractivity contribution in [2.75, 3.05) is 41.0 Å². The van der Waals surface area contributed by atoms with Crippen LogP contribution in [0.15, 0.2) is 72.9 Å². The van der Waals surface area contributed by atoms with Crippen LogP contribution in [0.2, 0.25) is 0 Å². The van der Waals surface area contributed by atoms with Gasteiger partial charge < -0.3 is 23.8 Å². The Labute approximate surface area is 349 Å². The molecule has 0 amide bonds. The lowest BCUT2D eigenvalue weighted by Gasteiger charge is -2.31. The average Bonchev–Trinajstić information content (AvgIpc) is 3.17. The number of carboxylic acid groups (broad SMARTS) is 1. The summed E-state index contributed by atoms with van der Waals surface area (Å²) < 4.78 is 17.2. The van der Waals surface area contributed by atoms with Gasteiger partial charge in [-0.25, -0.2) is 4.79 Å². The SMILES string of the molecule is CC/C=C/C=C/C=C/C=C/C=C/CCCCCC(=O)OCC(COCCC(C(=O)O)[N+](C)(C)C)OC(=O)CCCCCCC/C=C/CCCCCCCCCCC. The second kappa shape index (κ2) is 39.6. The highest BCUT2D eigenvalue weighted by Gasteiger charge is 2.31. The van der Waals surface area contributed by atoms with Crippen molar-refractivity contribution in [2.24, 2.45) is 0 Å². The van der Waals surface area contributed by atoms with E-state index in [-0.39, 0.29) is 36.2 Å². The number of carbonyl (C=O) groups is 3. The van der Waals surface area contributed by atoms with E-state index in [0.717, 1.165) is 64.2 Å². The zero-order valence-electron chi connectivity index (χ0n) is 37.0. The molecule has 57 heavy (non-hydrogen) atoms. The number of unbranched alkanes of at least 4 members (excludes halogenated alkanes) is 17. The first kappa shape index (κ1) is 53.8. The van der Waals surface area contributed by atoms with Crippen molar-refractivity contribution in [3.63, 3.8) is 0 Å². The van der Waals surface area contributed by atoms with Crippen molar-refractivity contribution in [1.29, 1.82) is 0 Å². The number of aliphatic carboxylic acids is 1. The fraction of sp³-hybridized carbons (Fsp3) is 0.694. The Bertz CT molecular complexity index is 1160. The van der Waals surface area contributed by atoms with E-state index >= 15 is 0 Å². The van der Waals surface area contributed by atoms with E-state index in [4.69, 9.17) is 14.2 Å². The Hall–Kier alpha value is -3.23. The molecular weight excluding hydrogens is 715 g/mol. The van der Waals surface area contributed by atoms with Crippen LogP contribution >= 0.6 is 0 Å². The highest BCUT2D eigenvalue weighted by atomic mass is 16.6. The third-order valence-corrected chi connectivity index (χ3v) is 9.72. The van der Waals surface area contributed by atoms with Gasteiger partial charge in [-0.05, 0) is 57.8 Å². The Morgan fingerprint density at radius 1 is 0.544 bits per heavy atom. The number of hydrogen-bond donors (Lipinski definition) is 1. The zero-order valence-corrected chi connectivity index (χ0v) is 37.0. The molecule has 0 rings (SSSR count). The van der Waals surface area contributed by atoms with E-state index in [9.17, 15) is 19.5 Å². The van der Waals surface area contributed by atoms with Crippen LogP contribution in [0.4, 0.5) is 0 Å². The molecule has 1 N–H and O–H groups in total. The van der Waals surface area contributed by atoms with Crippen LogP contribution < -0.4 is 0 Å². The summed E-state index contributed by atoms with van der Waals surface area (Å²) in [6.45, 7) is 4.53. The minimum atomic E-state index is -0.885. The second-order valence-electron chi connectivity index (χ2n) is 16.0. The fourth-order valence-electron chi connectivity index (χ4n) is 6.22. The lowest BCUT2D eigenvalue weighted by molar-refractivity contribution is -0.887. The molecule has 0 fully saturated rings. The fourth-order valence-corrected chi connectivity index (χ4v) is 6.22. The summed E-state index contributed by atoms with van der Waals surface area (Å²) in [6, 6.07) is -0.626. The number of rotatable bonds is 39. The van der Waals surface area contributed by atoms with Crippen molar-refractivity contribution < 1.29 is 38.2 Å². The highest BCUT2D eigenvalue weighted by molar-refractivity contribution is 5.72. The van der Waals surface area contributed by atoms with E-state index in [1.165, 1.54) is 70.6 Å². The molecule has 0 aliphatic carbocycles. The van der Waals surface area contributed by atoms with E-state index < -0.39 is 18.1 Å². The van der Waals surface area contributed by atoms with E-state index in [0.29, 0.717) is 19.3 Å². The highest BCUT2D eigenvalue weighted by Crippen LogP contribution is 2.14. The van der Waals surface area contributed by atoms with Gasteiger partial charge in [0.15, 0.2) is 12.1 Å². The molecule has 8 heteroatoms. The van der Waals surface area contributed by atoms with Crippen LogP contribution in [0.25, 0.3) is 0 Å². The third kappa shape index (κ3) is 38.1. The minimum absolute atomic E-state index is 0.0404. The molecule has 8 nitrogen and oxygen atoms in total. The molecule has 0 spiro atoms. The Morgan fingerprint density at radius 2 is 1.00 bits per heavy atom. The number of carbonyl (C=O) groups excluding carboxylic acids is 2. The predicted octanol–water partition coefficient (Wildman–Crippen LogP) is 12.4. The standard InChI is InChI=1S/C49H83NO7/c1-6-8-10-12-14-16-18-20-22-23-24-26-28-30-32-34-36-38-40-48(52)57-45(43-55-42-41-46(49(53)54)50(3,4)5)44-56-47(51)39-37-35-33-31-29-27-25-21-19-17-15-13-11-9-7-2/h9,11,13,15,17,19,21,24-27,29,45-46H,6-8,10,12,14,16,18,20,22-23,28,30-44H2,1-5H3/p+1/b11-9+,15-13+,19-17+,25-21+,26-24+,29-27+. The van der Waals surface area contributed by atoms with Crippen LogP contribution in [0, 0.1) is 0 Å². The van der Waals surface area contributed by atoms with Crippen molar-refractivity contribution >= 4 is 17.9 Å². The summed E-state index contributed by atoms with van der Waals surface area (Å²) in [5, 5.41) is 9.62. The summed E-state index contributed by atoms with van der Waals surface area (Å²) >= 11 is 0. The summed E-state index contributed by atoms with van der Waals surface area (Å²) in [5.74, 6) is -1.54. The molecule has 0 bridgehead atoms. The van der Waals surface area contributed by atoms with Crippen LogP contribution in [0.1, 0.15) is 168 Å². The van der Waals surface area contributed by atoms with Crippen molar-refractivity contribution in [3.8, 4) is 0 Å². The first-order valence-electron chi connectivity index (χ1n) is 22.5. The van der Waals surface area contributed by atoms with Gasteiger partial charge in [0.2, 0.25) is 0 Å². The second-order valence-corrected chi connectivity index (χ2v) is 16.0. The smallest absolute Gasteiger partial charge is 0.362 e. The number of quaternary nitrogens is 1. The summed E-state index contributed by atoms with van der Waals surface area (Å²) in [5.41, 5.74) is 0. The van der Waals surface area contributed by atoms with Gasteiger partial charge in [0.1, 0.15) is 6.61 Å². The number of likely N-dealkylation sites (N-methyl/N-ethyl adjacent to an activating group) is 1. The molecule has 2 unspecified atom stereocenters. The quantitative estimate of drug-likeness (QED) is 0.0217. The van der Waals surface area contributed by atoms with Crippen molar-refractivity contribution in [3.05, 3.63) is 72.9 Å². The van der Waals surface area contributed by atoms with E-state index in [1.54, 1.807) is 0 Å². The molecule has 0 aromatic heterocycles. The van der Waals surface area contributed by atoms with Gasteiger partial charge in [-0.2, -0.15) is 0 Å². The predicted molar refractivity (Wildman–Crippen MR) is 238 cm³/mol. The van der Waals surface area contributed by atoms with Crippen LogP contribution in [-0.4, -0.2) is 80.6 Å². The van der Waals surface area contributed by atoms with Gasteiger partial charge in [0.05, 0.1) is 34.4 Å². The number of nitrogens with zero attached hydrogens (tertiary/aromatic N) is 1. The normalized spacial score (nSPS) is 13.6. The molecule has 0 heterocycles. The van der Waals surface area contributed by atoms with Gasteiger partial charge in [-0.1, -0.05) is 164 Å². The number of esters is 2. The van der Waals surface area contributed by atoms with E-state index in [1.807, 2.05) is 69.8 Å². The van der Waals surface area contributed by atoms with Crippen molar-refractivity contribution in [1.82, 2.24) is 0 Å². The van der Waals surface area contributed by atoms with Gasteiger partial charge in [-0.3, -0.25) is 9.59 Å². The molecule has 0 aliphatic heterocycles. The maximum atomic E-state index is 12.7. The van der Waals surface area contributed by atoms with E-state index in [2.05, 4.69) is 38.2 Å². The minimum Gasteiger partial charge on any atom is -0.477 e. The Kier molecular flexibility index (Phi) is 37.3. The first-order valence-corrected chi connectivity index (χ1v) is 22.5. The third-order valence-electron chi connectivity index (χ3n) is 9.72. The number of ether oxygens (including phenoxy) is 3. The van der Waals surface area contributed by atoms with Crippen molar-refractivity contribution in [2.45, 2.75) is 180 Å². The Balaban J connectivity index is 4.42. The van der Waals surface area contributed by atoms with Gasteiger partial charge >= 0.3 is 17.9 Å². The molecular formula is C49H84NO7+. The van der Waals surface area contributed by atoms with Gasteiger partial charge in [-0.15, -0.1) is 0 Å². The summed E-state index contributed by atoms with van der Waals surface area (Å²) in [4.78, 5) is 37.0. The number of allylic oxidation sites excluding steroid dienone is 12. The summed E-state index contributed by atoms with van der Waals surface area (Å²) in [7, 11) is 5.50. The molecule has 0 aromatic carbocycles. The monoisotopic (exact) mass is 799 g/mol. The zero-order chi connectivity index (χ0) is 42.1.